The number of aromatic nitrogens is 2. The summed E-state index contributed by atoms with van der Waals surface area (Å²) >= 11 is 1.63. The lowest BCUT2D eigenvalue weighted by molar-refractivity contribution is 0.0753. The maximum Gasteiger partial charge on any atom is 0.289 e. The highest BCUT2D eigenvalue weighted by Crippen LogP contribution is 2.28. The number of amides is 1. The van der Waals surface area contributed by atoms with E-state index in [0.29, 0.717) is 12.3 Å². The maximum atomic E-state index is 12.5. The molecule has 5 nitrogen and oxygen atoms in total. The number of thiophene rings is 1. The predicted molar refractivity (Wildman–Crippen MR) is 101 cm³/mol. The van der Waals surface area contributed by atoms with Crippen LogP contribution in [0.2, 0.25) is 0 Å². The average Bonchev–Trinajstić information content (AvgIpc) is 3.42. The van der Waals surface area contributed by atoms with E-state index < -0.39 is 0 Å². The van der Waals surface area contributed by atoms with Crippen LogP contribution in [0, 0.1) is 0 Å². The van der Waals surface area contributed by atoms with Crippen LogP contribution >= 0.6 is 11.3 Å². The third-order valence-electron chi connectivity index (χ3n) is 4.05. The summed E-state index contributed by atoms with van der Waals surface area (Å²) in [5, 5.41) is 6.79. The van der Waals surface area contributed by atoms with Gasteiger partial charge in [-0.2, -0.15) is 5.10 Å². The number of para-hydroxylation sites is 1. The molecule has 1 aromatic carbocycles. The van der Waals surface area contributed by atoms with Crippen molar-refractivity contribution < 1.29 is 9.21 Å². The predicted octanol–water partition coefficient (Wildman–Crippen LogP) is 4.47. The molecular formula is C20H17N3O2S. The monoisotopic (exact) mass is 363 g/mol. The number of nitrogens with zero attached hydrogens (tertiary/aromatic N) is 3. The number of rotatable bonds is 5. The number of hydrogen-bond acceptors (Lipinski definition) is 4. The van der Waals surface area contributed by atoms with Gasteiger partial charge in [0, 0.05) is 25.4 Å². The first kappa shape index (κ1) is 16.4. The van der Waals surface area contributed by atoms with Gasteiger partial charge in [0.2, 0.25) is 0 Å². The number of furan rings is 1. The van der Waals surface area contributed by atoms with Gasteiger partial charge in [-0.05, 0) is 35.7 Å². The zero-order valence-corrected chi connectivity index (χ0v) is 15.0. The van der Waals surface area contributed by atoms with Gasteiger partial charge >= 0.3 is 0 Å². The molecule has 0 atom stereocenters. The lowest BCUT2D eigenvalue weighted by Gasteiger charge is -2.15. The third-order valence-corrected chi connectivity index (χ3v) is 4.93. The number of carbonyl (C=O) groups is 1. The summed E-state index contributed by atoms with van der Waals surface area (Å²) in [4.78, 5) is 15.2. The van der Waals surface area contributed by atoms with E-state index in [1.165, 1.54) is 6.26 Å². The molecule has 4 aromatic rings. The Labute approximate surface area is 155 Å². The molecule has 0 fully saturated rings. The topological polar surface area (TPSA) is 51.3 Å². The molecule has 130 valence electrons. The van der Waals surface area contributed by atoms with Crippen LogP contribution in [-0.4, -0.2) is 27.6 Å². The molecule has 0 saturated carbocycles. The zero-order valence-electron chi connectivity index (χ0n) is 14.2. The van der Waals surface area contributed by atoms with Crippen molar-refractivity contribution in [3.63, 3.8) is 0 Å². The van der Waals surface area contributed by atoms with Gasteiger partial charge in [-0.3, -0.25) is 4.79 Å². The SMILES string of the molecule is CN(Cc1cn(-c2ccccc2)nc1-c1cccs1)C(=O)c1ccco1. The van der Waals surface area contributed by atoms with Crippen LogP contribution in [0.1, 0.15) is 16.1 Å². The van der Waals surface area contributed by atoms with E-state index in [1.807, 2.05) is 58.7 Å². The highest BCUT2D eigenvalue weighted by molar-refractivity contribution is 7.13. The molecule has 0 aliphatic rings. The van der Waals surface area contributed by atoms with Crippen molar-refractivity contribution in [3.8, 4) is 16.3 Å². The van der Waals surface area contributed by atoms with Crippen LogP contribution in [-0.2, 0) is 6.54 Å². The van der Waals surface area contributed by atoms with Crippen molar-refractivity contribution in [3.05, 3.63) is 83.8 Å². The maximum absolute atomic E-state index is 12.5. The van der Waals surface area contributed by atoms with Gasteiger partial charge in [-0.25, -0.2) is 4.68 Å². The van der Waals surface area contributed by atoms with Gasteiger partial charge in [0.05, 0.1) is 16.8 Å². The van der Waals surface area contributed by atoms with Crippen LogP contribution in [0.4, 0.5) is 0 Å². The van der Waals surface area contributed by atoms with E-state index in [2.05, 4.69) is 0 Å². The van der Waals surface area contributed by atoms with Crippen LogP contribution < -0.4 is 0 Å². The fourth-order valence-electron chi connectivity index (χ4n) is 2.77. The van der Waals surface area contributed by atoms with E-state index in [9.17, 15) is 4.79 Å². The Kier molecular flexibility index (Phi) is 4.41. The number of hydrogen-bond donors (Lipinski definition) is 0. The first-order chi connectivity index (χ1) is 12.7. The Hall–Kier alpha value is -3.12. The van der Waals surface area contributed by atoms with Crippen LogP contribution in [0.3, 0.4) is 0 Å². The van der Waals surface area contributed by atoms with E-state index >= 15 is 0 Å². The number of carbonyl (C=O) groups excluding carboxylic acids is 1. The second-order valence-corrected chi connectivity index (χ2v) is 6.85. The smallest absolute Gasteiger partial charge is 0.289 e. The quantitative estimate of drug-likeness (QED) is 0.526. The Morgan fingerprint density at radius 1 is 1.15 bits per heavy atom. The fraction of sp³-hybridized carbons (Fsp3) is 0.100. The van der Waals surface area contributed by atoms with Gasteiger partial charge in [-0.1, -0.05) is 24.3 Å². The Bertz CT molecular complexity index is 989. The molecule has 0 radical (unpaired) electrons. The second-order valence-electron chi connectivity index (χ2n) is 5.90. The number of benzene rings is 1. The minimum Gasteiger partial charge on any atom is -0.459 e. The van der Waals surface area contributed by atoms with Crippen molar-refractivity contribution in [2.24, 2.45) is 0 Å². The molecule has 0 saturated heterocycles. The lowest BCUT2D eigenvalue weighted by Crippen LogP contribution is -2.25. The summed E-state index contributed by atoms with van der Waals surface area (Å²) in [6, 6.07) is 17.4. The molecule has 0 spiro atoms. The second kappa shape index (κ2) is 7.01. The first-order valence-corrected chi connectivity index (χ1v) is 9.07. The molecule has 26 heavy (non-hydrogen) atoms. The molecule has 3 heterocycles. The van der Waals surface area contributed by atoms with Gasteiger partial charge in [-0.15, -0.1) is 11.3 Å². The van der Waals surface area contributed by atoms with Crippen LogP contribution in [0.5, 0.6) is 0 Å². The van der Waals surface area contributed by atoms with E-state index in [1.54, 1.807) is 35.4 Å². The molecular weight excluding hydrogens is 346 g/mol. The van der Waals surface area contributed by atoms with Crippen molar-refractivity contribution in [2.75, 3.05) is 7.05 Å². The molecule has 1 amide bonds. The fourth-order valence-corrected chi connectivity index (χ4v) is 3.52. The van der Waals surface area contributed by atoms with Crippen molar-refractivity contribution in [2.45, 2.75) is 6.54 Å². The summed E-state index contributed by atoms with van der Waals surface area (Å²) < 4.78 is 7.08. The van der Waals surface area contributed by atoms with Gasteiger partial charge in [0.25, 0.3) is 5.91 Å². The molecule has 0 aliphatic carbocycles. The van der Waals surface area contributed by atoms with Crippen molar-refractivity contribution in [1.29, 1.82) is 0 Å². The Balaban J connectivity index is 1.68. The first-order valence-electron chi connectivity index (χ1n) is 8.19. The normalized spacial score (nSPS) is 10.8. The van der Waals surface area contributed by atoms with Gasteiger partial charge in [0.15, 0.2) is 5.76 Å². The van der Waals surface area contributed by atoms with E-state index in [-0.39, 0.29) is 5.91 Å². The highest BCUT2D eigenvalue weighted by Gasteiger charge is 2.19. The van der Waals surface area contributed by atoms with E-state index in [4.69, 9.17) is 9.52 Å². The Morgan fingerprint density at radius 2 is 2.00 bits per heavy atom. The largest absolute Gasteiger partial charge is 0.459 e. The van der Waals surface area contributed by atoms with Crippen LogP contribution in [0.25, 0.3) is 16.3 Å². The highest BCUT2D eigenvalue weighted by atomic mass is 32.1. The molecule has 0 bridgehead atoms. The third kappa shape index (κ3) is 3.19. The summed E-state index contributed by atoms with van der Waals surface area (Å²) in [6.45, 7) is 0.444. The van der Waals surface area contributed by atoms with Crippen molar-refractivity contribution >= 4 is 17.2 Å². The summed E-state index contributed by atoms with van der Waals surface area (Å²) in [6.07, 6.45) is 3.49. The molecule has 0 unspecified atom stereocenters. The van der Waals surface area contributed by atoms with Crippen molar-refractivity contribution in [1.82, 2.24) is 14.7 Å². The van der Waals surface area contributed by atoms with Gasteiger partial charge < -0.3 is 9.32 Å². The Morgan fingerprint density at radius 3 is 2.69 bits per heavy atom. The standard InChI is InChI=1S/C20H17N3O2S/c1-22(20(24)17-9-5-11-25-17)13-15-14-23(16-7-3-2-4-8-16)21-19(15)18-10-6-12-26-18/h2-12,14H,13H2,1H3. The summed E-state index contributed by atoms with van der Waals surface area (Å²) in [7, 11) is 1.77. The molecule has 0 N–H and O–H groups in total. The molecule has 0 aliphatic heterocycles. The summed E-state index contributed by atoms with van der Waals surface area (Å²) in [5.41, 5.74) is 2.86. The van der Waals surface area contributed by atoms with E-state index in [0.717, 1.165) is 21.8 Å². The minimum atomic E-state index is -0.153. The average molecular weight is 363 g/mol. The molecule has 6 heteroatoms. The minimum absolute atomic E-state index is 0.153. The summed E-state index contributed by atoms with van der Waals surface area (Å²) in [5.74, 6) is 0.181. The molecule has 4 rings (SSSR count). The van der Waals surface area contributed by atoms with Crippen LogP contribution in [0.15, 0.2) is 76.9 Å². The molecule has 3 aromatic heterocycles. The lowest BCUT2D eigenvalue weighted by atomic mass is 10.2. The zero-order chi connectivity index (χ0) is 17.9. The van der Waals surface area contributed by atoms with Gasteiger partial charge in [0.1, 0.15) is 5.69 Å².